The minimum Gasteiger partial charge on any atom is -0.408 e. The number of aromatic amines is 1. The zero-order valence-corrected chi connectivity index (χ0v) is 9.66. The lowest BCUT2D eigenvalue weighted by molar-refractivity contribution is 0.295. The molecule has 2 aromatic rings. The number of benzene rings is 1. The van der Waals surface area contributed by atoms with Gasteiger partial charge in [-0.15, -0.1) is 0 Å². The summed E-state index contributed by atoms with van der Waals surface area (Å²) in [5.74, 6) is -0.748. The quantitative estimate of drug-likeness (QED) is 0.819. The summed E-state index contributed by atoms with van der Waals surface area (Å²) in [5.41, 5.74) is 0.663. The summed E-state index contributed by atoms with van der Waals surface area (Å²) in [7, 11) is -3.43. The third-order valence-corrected chi connectivity index (χ3v) is 4.12. The van der Waals surface area contributed by atoms with Gasteiger partial charge in [-0.1, -0.05) is 0 Å². The van der Waals surface area contributed by atoms with E-state index in [0.717, 1.165) is 0 Å². The van der Waals surface area contributed by atoms with Gasteiger partial charge in [0.2, 0.25) is 0 Å². The van der Waals surface area contributed by atoms with E-state index >= 15 is 0 Å². The Balaban J connectivity index is 2.45. The molecule has 0 aliphatic carbocycles. The second-order valence-corrected chi connectivity index (χ2v) is 5.68. The van der Waals surface area contributed by atoms with E-state index in [1.54, 1.807) is 0 Å². The Morgan fingerprint density at radius 2 is 2.12 bits per heavy atom. The molecule has 92 valence electrons. The minimum atomic E-state index is -3.43. The van der Waals surface area contributed by atoms with Crippen LogP contribution in [0.5, 0.6) is 0 Å². The molecule has 0 amide bonds. The normalized spacial score (nSPS) is 12.1. The van der Waals surface area contributed by atoms with Crippen molar-refractivity contribution in [2.75, 3.05) is 12.4 Å². The molecule has 0 unspecified atom stereocenters. The van der Waals surface area contributed by atoms with Crippen molar-refractivity contribution in [3.8, 4) is 0 Å². The van der Waals surface area contributed by atoms with Gasteiger partial charge in [0, 0.05) is 6.61 Å². The summed E-state index contributed by atoms with van der Waals surface area (Å²) in [4.78, 5) is 13.4. The molecule has 2 N–H and O–H groups in total. The highest BCUT2D eigenvalue weighted by Crippen LogP contribution is 2.17. The van der Waals surface area contributed by atoms with Crippen molar-refractivity contribution in [1.29, 1.82) is 0 Å². The molecule has 0 saturated heterocycles. The molecule has 6 nitrogen and oxygen atoms in total. The van der Waals surface area contributed by atoms with Crippen molar-refractivity contribution in [1.82, 2.24) is 4.98 Å². The van der Waals surface area contributed by atoms with Crippen LogP contribution < -0.4 is 5.76 Å². The largest absolute Gasteiger partial charge is 0.417 e. The molecule has 0 atom stereocenters. The van der Waals surface area contributed by atoms with Gasteiger partial charge in [-0.3, -0.25) is 4.98 Å². The Bertz CT molecular complexity index is 682. The van der Waals surface area contributed by atoms with Crippen molar-refractivity contribution >= 4 is 20.9 Å². The highest BCUT2D eigenvalue weighted by Gasteiger charge is 2.15. The number of sulfone groups is 1. The second-order valence-electron chi connectivity index (χ2n) is 3.57. The Labute approximate surface area is 96.8 Å². The summed E-state index contributed by atoms with van der Waals surface area (Å²) in [5, 5.41) is 8.62. The fourth-order valence-corrected chi connectivity index (χ4v) is 2.81. The average Bonchev–Trinajstić information content (AvgIpc) is 2.65. The van der Waals surface area contributed by atoms with E-state index < -0.39 is 15.6 Å². The highest BCUT2D eigenvalue weighted by atomic mass is 32.2. The van der Waals surface area contributed by atoms with Gasteiger partial charge in [-0.05, 0) is 24.6 Å². The van der Waals surface area contributed by atoms with Gasteiger partial charge in [0.05, 0.1) is 16.2 Å². The van der Waals surface area contributed by atoms with Crippen LogP contribution in [0.3, 0.4) is 0 Å². The molecular formula is C10H11NO5S. The number of rotatable bonds is 4. The van der Waals surface area contributed by atoms with Crippen molar-refractivity contribution in [3.63, 3.8) is 0 Å². The standard InChI is InChI=1S/C10H11NO5S/c12-4-1-5-17(14,15)7-2-3-9-8(6-7)11-10(13)16-9/h2-3,6,12H,1,4-5H2,(H,11,13). The number of H-pyrrole nitrogens is 1. The van der Waals surface area contributed by atoms with E-state index in [4.69, 9.17) is 9.52 Å². The molecule has 7 heteroatoms. The van der Waals surface area contributed by atoms with Gasteiger partial charge in [0.1, 0.15) is 0 Å². The zero-order chi connectivity index (χ0) is 12.5. The van der Waals surface area contributed by atoms with Crippen LogP contribution in [0.4, 0.5) is 0 Å². The number of aliphatic hydroxyl groups is 1. The van der Waals surface area contributed by atoms with E-state index in [9.17, 15) is 13.2 Å². The van der Waals surface area contributed by atoms with E-state index in [1.807, 2.05) is 0 Å². The van der Waals surface area contributed by atoms with Gasteiger partial charge >= 0.3 is 5.76 Å². The van der Waals surface area contributed by atoms with Crippen LogP contribution in [0.1, 0.15) is 6.42 Å². The molecule has 0 bridgehead atoms. The number of hydrogen-bond acceptors (Lipinski definition) is 5. The molecule has 2 rings (SSSR count). The van der Waals surface area contributed by atoms with Gasteiger partial charge in [0.25, 0.3) is 0 Å². The Morgan fingerprint density at radius 1 is 1.35 bits per heavy atom. The first-order valence-electron chi connectivity index (χ1n) is 4.99. The zero-order valence-electron chi connectivity index (χ0n) is 8.84. The molecular weight excluding hydrogens is 246 g/mol. The van der Waals surface area contributed by atoms with E-state index in [0.29, 0.717) is 11.1 Å². The molecule has 17 heavy (non-hydrogen) atoms. The smallest absolute Gasteiger partial charge is 0.408 e. The van der Waals surface area contributed by atoms with Crippen molar-refractivity contribution < 1.29 is 17.9 Å². The lowest BCUT2D eigenvalue weighted by Gasteiger charge is -2.02. The predicted octanol–water partition coefficient (Wildman–Crippen LogP) is 0.277. The third kappa shape index (κ3) is 2.40. The maximum absolute atomic E-state index is 11.8. The molecule has 0 radical (unpaired) electrons. The first kappa shape index (κ1) is 11.9. The van der Waals surface area contributed by atoms with Crippen LogP contribution in [0, 0.1) is 0 Å². The molecule has 1 heterocycles. The van der Waals surface area contributed by atoms with Gasteiger partial charge in [-0.25, -0.2) is 13.2 Å². The fourth-order valence-electron chi connectivity index (χ4n) is 1.50. The molecule has 0 aliphatic heterocycles. The first-order chi connectivity index (χ1) is 8.03. The van der Waals surface area contributed by atoms with Gasteiger partial charge in [0.15, 0.2) is 15.4 Å². The molecule has 0 aliphatic rings. The molecule has 1 aromatic heterocycles. The molecule has 1 aromatic carbocycles. The van der Waals surface area contributed by atoms with E-state index in [1.165, 1.54) is 18.2 Å². The summed E-state index contributed by atoms with van der Waals surface area (Å²) in [6.07, 6.45) is 0.183. The summed E-state index contributed by atoms with van der Waals surface area (Å²) in [6.45, 7) is -0.177. The monoisotopic (exact) mass is 257 g/mol. The number of aromatic nitrogens is 1. The Hall–Kier alpha value is -1.60. The first-order valence-corrected chi connectivity index (χ1v) is 6.65. The lowest BCUT2D eigenvalue weighted by Crippen LogP contribution is -2.08. The van der Waals surface area contributed by atoms with Crippen LogP contribution >= 0.6 is 0 Å². The maximum Gasteiger partial charge on any atom is 0.417 e. The SMILES string of the molecule is O=c1[nH]c2cc(S(=O)(=O)CCCO)ccc2o1. The minimum absolute atomic E-state index is 0.107. The Kier molecular flexibility index (Phi) is 3.03. The maximum atomic E-state index is 11.8. The average molecular weight is 257 g/mol. The number of aliphatic hydroxyl groups excluding tert-OH is 1. The molecule has 0 saturated carbocycles. The number of oxazole rings is 1. The Morgan fingerprint density at radius 3 is 2.82 bits per heavy atom. The number of hydrogen-bond donors (Lipinski definition) is 2. The summed E-state index contributed by atoms with van der Waals surface area (Å²) in [6, 6.07) is 4.16. The highest BCUT2D eigenvalue weighted by molar-refractivity contribution is 7.91. The second kappa shape index (κ2) is 4.34. The fraction of sp³-hybridized carbons (Fsp3) is 0.300. The third-order valence-electron chi connectivity index (χ3n) is 2.32. The topological polar surface area (TPSA) is 100 Å². The van der Waals surface area contributed by atoms with Crippen molar-refractivity contribution in [2.24, 2.45) is 0 Å². The van der Waals surface area contributed by atoms with Crippen LogP contribution in [-0.2, 0) is 9.84 Å². The predicted molar refractivity (Wildman–Crippen MR) is 60.6 cm³/mol. The van der Waals surface area contributed by atoms with Crippen LogP contribution in [-0.4, -0.2) is 30.9 Å². The number of fused-ring (bicyclic) bond motifs is 1. The number of nitrogens with one attached hydrogen (secondary N) is 1. The van der Waals surface area contributed by atoms with Gasteiger partial charge in [-0.2, -0.15) is 0 Å². The van der Waals surface area contributed by atoms with Crippen LogP contribution in [0.15, 0.2) is 32.3 Å². The van der Waals surface area contributed by atoms with E-state index in [2.05, 4.69) is 4.98 Å². The van der Waals surface area contributed by atoms with Crippen LogP contribution in [0.25, 0.3) is 11.1 Å². The van der Waals surface area contributed by atoms with E-state index in [-0.39, 0.29) is 23.7 Å². The van der Waals surface area contributed by atoms with Crippen LogP contribution in [0.2, 0.25) is 0 Å². The van der Waals surface area contributed by atoms with Crippen molar-refractivity contribution in [2.45, 2.75) is 11.3 Å². The summed E-state index contributed by atoms with van der Waals surface area (Å²) < 4.78 is 28.4. The lowest BCUT2D eigenvalue weighted by atomic mass is 10.3. The molecule has 0 fully saturated rings. The molecule has 0 spiro atoms. The summed E-state index contributed by atoms with van der Waals surface area (Å²) >= 11 is 0. The van der Waals surface area contributed by atoms with Crippen molar-refractivity contribution in [3.05, 3.63) is 28.7 Å². The van der Waals surface area contributed by atoms with Gasteiger partial charge < -0.3 is 9.52 Å².